The van der Waals surface area contributed by atoms with Gasteiger partial charge < -0.3 is 5.32 Å². The van der Waals surface area contributed by atoms with Crippen LogP contribution in [0.5, 0.6) is 0 Å². The molecule has 0 spiro atoms. The van der Waals surface area contributed by atoms with Gasteiger partial charge in [-0.25, -0.2) is 4.63 Å². The zero-order valence-corrected chi connectivity index (χ0v) is 10.5. The molecule has 5 heteroatoms. The fraction of sp³-hybridized carbons (Fsp3) is 0.615. The molecule has 3 rings (SSSR count). The van der Waals surface area contributed by atoms with Crippen molar-refractivity contribution >= 4 is 12.0 Å². The molecule has 1 heterocycles. The maximum atomic E-state index is 12.2. The van der Waals surface area contributed by atoms with Crippen molar-refractivity contribution in [2.45, 2.75) is 45.1 Å². The highest BCUT2D eigenvalue weighted by atomic mass is 16.6. The molecule has 1 aromatic rings. The van der Waals surface area contributed by atoms with Crippen LogP contribution in [0.3, 0.4) is 0 Å². The molecule has 96 valence electrons. The molecule has 1 atom stereocenters. The van der Waals surface area contributed by atoms with Crippen LogP contribution in [-0.2, 0) is 11.2 Å². The van der Waals surface area contributed by atoms with E-state index in [2.05, 4.69) is 15.6 Å². The Hall–Kier alpha value is -1.65. The lowest BCUT2D eigenvalue weighted by molar-refractivity contribution is -0.118. The van der Waals surface area contributed by atoms with E-state index in [9.17, 15) is 4.79 Å². The molecular weight excluding hydrogens is 230 g/mol. The number of aromatic nitrogens is 2. The van der Waals surface area contributed by atoms with E-state index in [1.807, 2.05) is 13.0 Å². The largest absolute Gasteiger partial charge is 0.350 e. The Morgan fingerprint density at radius 1 is 1.39 bits per heavy atom. The molecule has 5 nitrogen and oxygen atoms in total. The van der Waals surface area contributed by atoms with Gasteiger partial charge >= 0.3 is 0 Å². The Bertz CT molecular complexity index is 486. The van der Waals surface area contributed by atoms with E-state index in [-0.39, 0.29) is 11.8 Å². The van der Waals surface area contributed by atoms with Gasteiger partial charge in [-0.1, -0.05) is 30.1 Å². The second-order valence-electron chi connectivity index (χ2n) is 5.26. The minimum atomic E-state index is 0.0445. The molecule has 0 radical (unpaired) electrons. The Morgan fingerprint density at radius 3 is 2.94 bits per heavy atom. The lowest BCUT2D eigenvalue weighted by atomic mass is 9.89. The summed E-state index contributed by atoms with van der Waals surface area (Å²) in [5.74, 6) is 0.217. The van der Waals surface area contributed by atoms with Gasteiger partial charge in [0.25, 0.3) is 0 Å². The van der Waals surface area contributed by atoms with Crippen molar-refractivity contribution in [3.8, 4) is 0 Å². The van der Waals surface area contributed by atoms with Crippen molar-refractivity contribution in [2.24, 2.45) is 5.92 Å². The highest BCUT2D eigenvalue weighted by Gasteiger charge is 2.27. The number of nitrogens with one attached hydrogen (secondary N) is 1. The molecule has 1 saturated carbocycles. The number of carbonyl (C=O) groups is 1. The first-order valence-electron chi connectivity index (χ1n) is 6.58. The first kappa shape index (κ1) is 11.4. The summed E-state index contributed by atoms with van der Waals surface area (Å²) in [7, 11) is 0. The van der Waals surface area contributed by atoms with Crippen LogP contribution >= 0.6 is 0 Å². The predicted molar refractivity (Wildman–Crippen MR) is 65.5 cm³/mol. The Morgan fingerprint density at radius 2 is 2.17 bits per heavy atom. The predicted octanol–water partition coefficient (Wildman–Crippen LogP) is 1.70. The van der Waals surface area contributed by atoms with Gasteiger partial charge in [0.05, 0.1) is 0 Å². The first-order valence-corrected chi connectivity index (χ1v) is 6.58. The van der Waals surface area contributed by atoms with Crippen molar-refractivity contribution in [2.75, 3.05) is 0 Å². The minimum Gasteiger partial charge on any atom is -0.350 e. The summed E-state index contributed by atoms with van der Waals surface area (Å²) >= 11 is 0. The second kappa shape index (κ2) is 4.55. The molecule has 1 unspecified atom stereocenters. The topological polar surface area (TPSA) is 68.0 Å². The quantitative estimate of drug-likeness (QED) is 0.863. The summed E-state index contributed by atoms with van der Waals surface area (Å²) < 4.78 is 4.70. The van der Waals surface area contributed by atoms with Gasteiger partial charge in [-0.15, -0.1) is 0 Å². The molecular formula is C13H17N3O2. The van der Waals surface area contributed by atoms with E-state index in [4.69, 9.17) is 4.63 Å². The van der Waals surface area contributed by atoms with E-state index in [1.54, 1.807) is 0 Å². The molecule has 1 fully saturated rings. The van der Waals surface area contributed by atoms with Crippen molar-refractivity contribution in [1.29, 1.82) is 0 Å². The molecule has 18 heavy (non-hydrogen) atoms. The monoisotopic (exact) mass is 247 g/mol. The standard InChI is InChI=1S/C13H17N3O2/c1-8-6-11-12(16-18-15-11)7-10(8)13(17)14-9-4-2-3-5-9/h7-9H,2-6H2,1H3,(H,14,17). The third-order valence-corrected chi connectivity index (χ3v) is 3.86. The van der Waals surface area contributed by atoms with Crippen LogP contribution in [-0.4, -0.2) is 22.3 Å². The van der Waals surface area contributed by atoms with Gasteiger partial charge in [0.15, 0.2) is 0 Å². The van der Waals surface area contributed by atoms with Gasteiger partial charge in [-0.2, -0.15) is 0 Å². The zero-order valence-electron chi connectivity index (χ0n) is 10.5. The van der Waals surface area contributed by atoms with Gasteiger partial charge in [-0.05, 0) is 24.8 Å². The number of carbonyl (C=O) groups excluding carboxylic acids is 1. The molecule has 0 saturated heterocycles. The third-order valence-electron chi connectivity index (χ3n) is 3.86. The number of rotatable bonds is 2. The fourth-order valence-electron chi connectivity index (χ4n) is 2.78. The summed E-state index contributed by atoms with van der Waals surface area (Å²) in [5.41, 5.74) is 2.34. The molecule has 2 aliphatic rings. The summed E-state index contributed by atoms with van der Waals surface area (Å²) in [6.07, 6.45) is 7.18. The third kappa shape index (κ3) is 2.05. The minimum absolute atomic E-state index is 0.0445. The van der Waals surface area contributed by atoms with Crippen LogP contribution in [0.2, 0.25) is 0 Å². The van der Waals surface area contributed by atoms with Crippen LogP contribution in [0, 0.1) is 5.92 Å². The van der Waals surface area contributed by atoms with E-state index < -0.39 is 0 Å². The van der Waals surface area contributed by atoms with Gasteiger partial charge in [-0.3, -0.25) is 4.79 Å². The van der Waals surface area contributed by atoms with Gasteiger partial charge in [0.2, 0.25) is 5.91 Å². The average molecular weight is 247 g/mol. The maximum absolute atomic E-state index is 12.2. The molecule has 0 aromatic carbocycles. The zero-order chi connectivity index (χ0) is 12.5. The lowest BCUT2D eigenvalue weighted by Gasteiger charge is -2.20. The van der Waals surface area contributed by atoms with E-state index in [0.29, 0.717) is 11.7 Å². The Kier molecular flexibility index (Phi) is 2.89. The normalized spacial score (nSPS) is 23.6. The van der Waals surface area contributed by atoms with Crippen LogP contribution in [0.4, 0.5) is 0 Å². The summed E-state index contributed by atoms with van der Waals surface area (Å²) in [4.78, 5) is 12.2. The van der Waals surface area contributed by atoms with Crippen LogP contribution in [0.25, 0.3) is 6.08 Å². The van der Waals surface area contributed by atoms with Crippen molar-refractivity contribution in [1.82, 2.24) is 15.6 Å². The number of fused-ring (bicyclic) bond motifs is 1. The molecule has 1 aromatic heterocycles. The highest BCUT2D eigenvalue weighted by molar-refractivity contribution is 5.99. The fourth-order valence-corrected chi connectivity index (χ4v) is 2.78. The molecule has 0 bridgehead atoms. The summed E-state index contributed by atoms with van der Waals surface area (Å²) in [6.45, 7) is 2.04. The Labute approximate surface area is 106 Å². The SMILES string of the molecule is CC1Cc2nonc2C=C1C(=O)NC1CCCC1. The second-order valence-corrected chi connectivity index (χ2v) is 5.26. The number of amides is 1. The molecule has 0 aliphatic heterocycles. The van der Waals surface area contributed by atoms with Crippen molar-refractivity contribution in [3.63, 3.8) is 0 Å². The summed E-state index contributed by atoms with van der Waals surface area (Å²) in [5, 5.41) is 10.8. The van der Waals surface area contributed by atoms with Gasteiger partial charge in [0, 0.05) is 18.0 Å². The van der Waals surface area contributed by atoms with Crippen LogP contribution in [0.1, 0.15) is 44.0 Å². The lowest BCUT2D eigenvalue weighted by Crippen LogP contribution is -2.36. The van der Waals surface area contributed by atoms with Crippen molar-refractivity contribution in [3.05, 3.63) is 17.0 Å². The van der Waals surface area contributed by atoms with Crippen LogP contribution < -0.4 is 5.32 Å². The smallest absolute Gasteiger partial charge is 0.247 e. The molecule has 2 aliphatic carbocycles. The van der Waals surface area contributed by atoms with E-state index in [0.717, 1.165) is 30.5 Å². The van der Waals surface area contributed by atoms with Crippen LogP contribution in [0.15, 0.2) is 10.2 Å². The van der Waals surface area contributed by atoms with Crippen molar-refractivity contribution < 1.29 is 9.42 Å². The number of hydrogen-bond acceptors (Lipinski definition) is 4. The Balaban J connectivity index is 1.76. The average Bonchev–Trinajstić information content (AvgIpc) is 2.98. The number of nitrogens with zero attached hydrogens (tertiary/aromatic N) is 2. The molecule has 1 amide bonds. The maximum Gasteiger partial charge on any atom is 0.247 e. The van der Waals surface area contributed by atoms with Gasteiger partial charge in [0.1, 0.15) is 11.4 Å². The van der Waals surface area contributed by atoms with E-state index in [1.165, 1.54) is 12.8 Å². The first-order chi connectivity index (χ1) is 8.74. The summed E-state index contributed by atoms with van der Waals surface area (Å²) in [6, 6.07) is 0.349. The highest BCUT2D eigenvalue weighted by Crippen LogP contribution is 2.27. The number of hydrogen-bond donors (Lipinski definition) is 1. The van der Waals surface area contributed by atoms with E-state index >= 15 is 0 Å². The molecule has 1 N–H and O–H groups in total.